The van der Waals surface area contributed by atoms with Gasteiger partial charge in [-0.05, 0) is 51.3 Å². The molecule has 1 aliphatic rings. The number of aliphatic hydroxyl groups excluding tert-OH is 1. The smallest absolute Gasteiger partial charge is 0.119 e. The Bertz CT molecular complexity index is 417. The summed E-state index contributed by atoms with van der Waals surface area (Å²) in [6.45, 7) is 7.61. The van der Waals surface area contributed by atoms with Crippen molar-refractivity contribution in [2.75, 3.05) is 13.2 Å². The van der Waals surface area contributed by atoms with Crippen molar-refractivity contribution in [2.24, 2.45) is 0 Å². The lowest BCUT2D eigenvalue weighted by Crippen LogP contribution is -3.00. The lowest BCUT2D eigenvalue weighted by atomic mass is 9.97. The highest BCUT2D eigenvalue weighted by Crippen LogP contribution is 2.22. The summed E-state index contributed by atoms with van der Waals surface area (Å²) >= 11 is 0. The van der Waals surface area contributed by atoms with E-state index in [0.29, 0.717) is 25.2 Å². The van der Waals surface area contributed by atoms with Gasteiger partial charge in [0.1, 0.15) is 18.5 Å². The molecular weight excluding hydrogens is 286 g/mol. The van der Waals surface area contributed by atoms with Crippen molar-refractivity contribution in [1.82, 2.24) is 4.90 Å². The van der Waals surface area contributed by atoms with E-state index in [2.05, 4.69) is 18.7 Å². The van der Waals surface area contributed by atoms with E-state index in [1.54, 1.807) is 0 Å². The average Bonchev–Trinajstić information content (AvgIpc) is 2.41. The van der Waals surface area contributed by atoms with E-state index < -0.39 is 6.10 Å². The molecule has 0 saturated carbocycles. The minimum atomic E-state index is -0.432. The van der Waals surface area contributed by atoms with Gasteiger partial charge in [-0.25, -0.2) is 0 Å². The van der Waals surface area contributed by atoms with Gasteiger partial charge in [-0.15, -0.1) is 0 Å². The first kappa shape index (κ1) is 18.3. The standard InChI is InChI=1S/C17H27NO2.ClH/c1-13-6-4-9-17(10-13)20-12-16(19)11-18-14(2)7-5-8-15(18)3;/h4,6,9-10,14-16,19H,5,7-8,11-12H2,1-3H3;1H/p-1. The topological polar surface area (TPSA) is 32.7 Å². The maximum atomic E-state index is 10.2. The van der Waals surface area contributed by atoms with Crippen LogP contribution in [0.15, 0.2) is 24.3 Å². The molecule has 0 aromatic heterocycles. The Hall–Kier alpha value is -0.770. The highest BCUT2D eigenvalue weighted by molar-refractivity contribution is 5.27. The number of nitrogens with zero attached hydrogens (tertiary/aromatic N) is 1. The predicted molar refractivity (Wildman–Crippen MR) is 82.2 cm³/mol. The van der Waals surface area contributed by atoms with Gasteiger partial charge in [0, 0.05) is 18.6 Å². The molecule has 1 aromatic rings. The maximum absolute atomic E-state index is 10.2. The normalized spacial score (nSPS) is 24.2. The third-order valence-electron chi connectivity index (χ3n) is 4.23. The number of piperidine rings is 1. The SMILES string of the molecule is Cc1cccc(OCC(O)CN2C(C)CCCC2C)c1.[Cl-]. The molecule has 0 radical (unpaired) electrons. The summed E-state index contributed by atoms with van der Waals surface area (Å²) in [7, 11) is 0. The van der Waals surface area contributed by atoms with E-state index in [9.17, 15) is 5.11 Å². The van der Waals surface area contributed by atoms with Crippen molar-refractivity contribution in [3.8, 4) is 5.75 Å². The van der Waals surface area contributed by atoms with Crippen LogP contribution >= 0.6 is 0 Å². The minimum Gasteiger partial charge on any atom is -1.00 e. The summed E-state index contributed by atoms with van der Waals surface area (Å²) in [5.41, 5.74) is 1.18. The summed E-state index contributed by atoms with van der Waals surface area (Å²) in [6.07, 6.45) is 3.33. The molecule has 0 spiro atoms. The molecule has 21 heavy (non-hydrogen) atoms. The zero-order chi connectivity index (χ0) is 14.5. The molecule has 120 valence electrons. The van der Waals surface area contributed by atoms with Crippen LogP contribution in [0, 0.1) is 6.92 Å². The number of hydrogen-bond acceptors (Lipinski definition) is 3. The number of ether oxygens (including phenoxy) is 1. The van der Waals surface area contributed by atoms with Gasteiger partial charge in [-0.1, -0.05) is 18.6 Å². The highest BCUT2D eigenvalue weighted by Gasteiger charge is 2.26. The largest absolute Gasteiger partial charge is 1.00 e. The van der Waals surface area contributed by atoms with E-state index in [1.165, 1.54) is 24.8 Å². The first-order valence-electron chi connectivity index (χ1n) is 7.69. The Morgan fingerprint density at radius 3 is 2.57 bits per heavy atom. The molecule has 1 aromatic carbocycles. The third kappa shape index (κ3) is 5.50. The fraction of sp³-hybridized carbons (Fsp3) is 0.647. The van der Waals surface area contributed by atoms with E-state index in [0.717, 1.165) is 5.75 Å². The van der Waals surface area contributed by atoms with E-state index >= 15 is 0 Å². The van der Waals surface area contributed by atoms with Crippen LogP contribution in [0.5, 0.6) is 5.75 Å². The number of β-amino-alcohol motifs (C(OH)–C–C–N with tert-alkyl or cyclic N) is 1. The molecule has 1 fully saturated rings. The summed E-state index contributed by atoms with van der Waals surface area (Å²) in [5.74, 6) is 0.837. The van der Waals surface area contributed by atoms with Gasteiger partial charge in [0.25, 0.3) is 0 Å². The van der Waals surface area contributed by atoms with Crippen LogP contribution in [-0.2, 0) is 0 Å². The summed E-state index contributed by atoms with van der Waals surface area (Å²) in [5, 5.41) is 10.2. The van der Waals surface area contributed by atoms with Gasteiger partial charge >= 0.3 is 0 Å². The number of aryl methyl sites for hydroxylation is 1. The molecule has 3 unspecified atom stereocenters. The van der Waals surface area contributed by atoms with Crippen LogP contribution in [0.2, 0.25) is 0 Å². The molecule has 4 heteroatoms. The number of hydrogen-bond donors (Lipinski definition) is 1. The maximum Gasteiger partial charge on any atom is 0.119 e. The fourth-order valence-corrected chi connectivity index (χ4v) is 3.03. The molecule has 2 rings (SSSR count). The average molecular weight is 313 g/mol. The van der Waals surface area contributed by atoms with Crippen molar-refractivity contribution < 1.29 is 22.3 Å². The summed E-state index contributed by atoms with van der Waals surface area (Å²) in [6, 6.07) is 9.08. The van der Waals surface area contributed by atoms with Crippen molar-refractivity contribution in [3.63, 3.8) is 0 Å². The van der Waals surface area contributed by atoms with Crippen LogP contribution < -0.4 is 17.1 Å². The molecule has 1 heterocycles. The molecule has 0 aliphatic carbocycles. The van der Waals surface area contributed by atoms with E-state index in [4.69, 9.17) is 4.74 Å². The van der Waals surface area contributed by atoms with Crippen molar-refractivity contribution >= 4 is 0 Å². The Morgan fingerprint density at radius 2 is 1.95 bits per heavy atom. The molecule has 1 aliphatic heterocycles. The van der Waals surface area contributed by atoms with Crippen molar-refractivity contribution in [3.05, 3.63) is 29.8 Å². The van der Waals surface area contributed by atoms with Gasteiger partial charge in [0.2, 0.25) is 0 Å². The van der Waals surface area contributed by atoms with Crippen LogP contribution in [0.1, 0.15) is 38.7 Å². The quantitative estimate of drug-likeness (QED) is 0.831. The number of aliphatic hydroxyl groups is 1. The molecule has 3 atom stereocenters. The Labute approximate surface area is 134 Å². The fourth-order valence-electron chi connectivity index (χ4n) is 3.03. The third-order valence-corrected chi connectivity index (χ3v) is 4.23. The van der Waals surface area contributed by atoms with Crippen LogP contribution in [0.25, 0.3) is 0 Å². The monoisotopic (exact) mass is 312 g/mol. The zero-order valence-electron chi connectivity index (χ0n) is 13.3. The van der Waals surface area contributed by atoms with Gasteiger partial charge in [-0.3, -0.25) is 4.90 Å². The molecule has 0 amide bonds. The predicted octanol–water partition coefficient (Wildman–Crippen LogP) is 0.00162. The van der Waals surface area contributed by atoms with Gasteiger partial charge in [0.15, 0.2) is 0 Å². The number of likely N-dealkylation sites (tertiary alicyclic amines) is 1. The van der Waals surface area contributed by atoms with Crippen LogP contribution in [0.3, 0.4) is 0 Å². The first-order chi connectivity index (χ1) is 9.56. The van der Waals surface area contributed by atoms with Crippen LogP contribution in [0.4, 0.5) is 0 Å². The first-order valence-corrected chi connectivity index (χ1v) is 7.69. The van der Waals surface area contributed by atoms with Gasteiger partial charge in [-0.2, -0.15) is 0 Å². The van der Waals surface area contributed by atoms with Gasteiger partial charge < -0.3 is 22.3 Å². The lowest BCUT2D eigenvalue weighted by molar-refractivity contribution is -0.00000625. The highest BCUT2D eigenvalue weighted by atomic mass is 35.5. The molecule has 3 nitrogen and oxygen atoms in total. The zero-order valence-corrected chi connectivity index (χ0v) is 14.0. The molecule has 0 bridgehead atoms. The minimum absolute atomic E-state index is 0. The summed E-state index contributed by atoms with van der Waals surface area (Å²) < 4.78 is 5.68. The Morgan fingerprint density at radius 1 is 1.29 bits per heavy atom. The van der Waals surface area contributed by atoms with Gasteiger partial charge in [0.05, 0.1) is 0 Å². The Kier molecular flexibility index (Phi) is 7.50. The molecular formula is C17H27ClNO2-. The Balaban J connectivity index is 0.00000220. The number of halogens is 1. The van der Waals surface area contributed by atoms with Crippen molar-refractivity contribution in [2.45, 2.75) is 58.2 Å². The molecule has 1 N–H and O–H groups in total. The summed E-state index contributed by atoms with van der Waals surface area (Å²) in [4.78, 5) is 2.41. The lowest BCUT2D eigenvalue weighted by Gasteiger charge is -2.40. The van der Waals surface area contributed by atoms with E-state index in [1.807, 2.05) is 31.2 Å². The second-order valence-corrected chi connectivity index (χ2v) is 6.11. The van der Waals surface area contributed by atoms with Crippen LogP contribution in [-0.4, -0.2) is 41.3 Å². The molecule has 1 saturated heterocycles. The number of rotatable bonds is 5. The second kappa shape index (κ2) is 8.62. The number of benzene rings is 1. The van der Waals surface area contributed by atoms with E-state index in [-0.39, 0.29) is 12.4 Å². The second-order valence-electron chi connectivity index (χ2n) is 6.11. The van der Waals surface area contributed by atoms with Crippen molar-refractivity contribution in [1.29, 1.82) is 0 Å².